The molecule has 106 valence electrons. The van der Waals surface area contributed by atoms with Gasteiger partial charge in [-0.15, -0.1) is 0 Å². The van der Waals surface area contributed by atoms with Crippen LogP contribution in [0.2, 0.25) is 0 Å². The molecule has 0 aliphatic carbocycles. The summed E-state index contributed by atoms with van der Waals surface area (Å²) in [7, 11) is 0. The second-order valence-corrected chi connectivity index (χ2v) is 5.58. The Morgan fingerprint density at radius 1 is 1.32 bits per heavy atom. The molecule has 19 heavy (non-hydrogen) atoms. The number of aromatic carboxylic acids is 1. The second-order valence-electron chi connectivity index (χ2n) is 5.58. The monoisotopic (exact) mass is 268 g/mol. The van der Waals surface area contributed by atoms with Crippen molar-refractivity contribution < 1.29 is 19.1 Å². The zero-order valence-electron chi connectivity index (χ0n) is 11.7. The molecule has 3 N–H and O–H groups in total. The summed E-state index contributed by atoms with van der Waals surface area (Å²) in [4.78, 5) is 22.3. The fourth-order valence-corrected chi connectivity index (χ4v) is 1.42. The average molecular weight is 268 g/mol. The van der Waals surface area contributed by atoms with Gasteiger partial charge < -0.3 is 20.2 Å². The summed E-state index contributed by atoms with van der Waals surface area (Å²) in [6.07, 6.45) is 0. The van der Waals surface area contributed by atoms with Crippen LogP contribution in [-0.2, 0) is 6.54 Å². The van der Waals surface area contributed by atoms with E-state index in [-0.39, 0.29) is 23.6 Å². The standard InChI is InChI=1S/C13H20N2O4/c1-8-10(11(16)17)5-9(19-8)6-14-12(18)15-7-13(2,3)4/h5H,6-7H2,1-4H3,(H,16,17)(H2,14,15,18). The van der Waals surface area contributed by atoms with Crippen molar-refractivity contribution in [3.8, 4) is 0 Å². The highest BCUT2D eigenvalue weighted by molar-refractivity contribution is 5.88. The van der Waals surface area contributed by atoms with Gasteiger partial charge >= 0.3 is 12.0 Å². The Hall–Kier alpha value is -1.98. The first-order chi connectivity index (χ1) is 8.69. The minimum atomic E-state index is -1.04. The first-order valence-corrected chi connectivity index (χ1v) is 6.03. The van der Waals surface area contributed by atoms with Gasteiger partial charge in [-0.05, 0) is 18.4 Å². The molecule has 0 spiro atoms. The van der Waals surface area contributed by atoms with Crippen molar-refractivity contribution in [1.82, 2.24) is 10.6 Å². The summed E-state index contributed by atoms with van der Waals surface area (Å²) in [6.45, 7) is 8.33. The number of carboxylic acid groups (broad SMARTS) is 1. The van der Waals surface area contributed by atoms with Crippen LogP contribution in [0.4, 0.5) is 4.79 Å². The van der Waals surface area contributed by atoms with E-state index in [2.05, 4.69) is 10.6 Å². The van der Waals surface area contributed by atoms with E-state index in [4.69, 9.17) is 9.52 Å². The lowest BCUT2D eigenvalue weighted by Gasteiger charge is -2.18. The Morgan fingerprint density at radius 2 is 1.95 bits per heavy atom. The summed E-state index contributed by atoms with van der Waals surface area (Å²) >= 11 is 0. The van der Waals surface area contributed by atoms with Gasteiger partial charge in [0.1, 0.15) is 17.1 Å². The van der Waals surface area contributed by atoms with Gasteiger partial charge in [0.2, 0.25) is 0 Å². The van der Waals surface area contributed by atoms with Crippen molar-refractivity contribution in [1.29, 1.82) is 0 Å². The Balaban J connectivity index is 2.47. The summed E-state index contributed by atoms with van der Waals surface area (Å²) in [5.74, 6) is -0.287. The Bertz CT molecular complexity index is 471. The van der Waals surface area contributed by atoms with Crippen molar-refractivity contribution in [2.75, 3.05) is 6.54 Å². The number of carboxylic acids is 1. The molecule has 6 nitrogen and oxygen atoms in total. The van der Waals surface area contributed by atoms with Crippen LogP contribution in [0.1, 0.15) is 42.6 Å². The van der Waals surface area contributed by atoms with Crippen LogP contribution in [-0.4, -0.2) is 23.7 Å². The lowest BCUT2D eigenvalue weighted by atomic mass is 9.97. The molecule has 0 fully saturated rings. The topological polar surface area (TPSA) is 91.6 Å². The molecule has 1 heterocycles. The first kappa shape index (κ1) is 15.1. The molecule has 2 amide bonds. The van der Waals surface area contributed by atoms with Crippen molar-refractivity contribution >= 4 is 12.0 Å². The summed E-state index contributed by atoms with van der Waals surface area (Å²) in [5.41, 5.74) is 0.127. The number of rotatable bonds is 4. The van der Waals surface area contributed by atoms with E-state index in [0.29, 0.717) is 18.1 Å². The van der Waals surface area contributed by atoms with Gasteiger partial charge in [-0.1, -0.05) is 20.8 Å². The molecule has 0 radical (unpaired) electrons. The van der Waals surface area contributed by atoms with Crippen molar-refractivity contribution in [2.45, 2.75) is 34.2 Å². The van der Waals surface area contributed by atoms with Crippen LogP contribution in [0, 0.1) is 12.3 Å². The minimum absolute atomic E-state index is 0.00902. The fourth-order valence-electron chi connectivity index (χ4n) is 1.42. The van der Waals surface area contributed by atoms with Crippen molar-refractivity contribution in [3.63, 3.8) is 0 Å². The zero-order valence-corrected chi connectivity index (χ0v) is 11.7. The maximum atomic E-state index is 11.5. The highest BCUT2D eigenvalue weighted by atomic mass is 16.4. The number of hydrogen-bond donors (Lipinski definition) is 3. The lowest BCUT2D eigenvalue weighted by Crippen LogP contribution is -2.39. The quantitative estimate of drug-likeness (QED) is 0.780. The molecule has 1 rings (SSSR count). The number of amides is 2. The third-order valence-electron chi connectivity index (χ3n) is 2.40. The highest BCUT2D eigenvalue weighted by Crippen LogP contribution is 2.14. The Kier molecular flexibility index (Phi) is 4.58. The summed E-state index contributed by atoms with van der Waals surface area (Å²) in [5, 5.41) is 14.2. The van der Waals surface area contributed by atoms with Gasteiger partial charge in [0.05, 0.1) is 6.54 Å². The molecule has 0 saturated carbocycles. The van der Waals surface area contributed by atoms with E-state index in [9.17, 15) is 9.59 Å². The Morgan fingerprint density at radius 3 is 2.42 bits per heavy atom. The Labute approximate surface area is 112 Å². The normalized spacial score (nSPS) is 11.2. The first-order valence-electron chi connectivity index (χ1n) is 6.03. The molecule has 0 bridgehead atoms. The molecular formula is C13H20N2O4. The zero-order chi connectivity index (χ0) is 14.6. The van der Waals surface area contributed by atoms with Crippen LogP contribution < -0.4 is 10.6 Å². The van der Waals surface area contributed by atoms with E-state index in [0.717, 1.165) is 0 Å². The summed E-state index contributed by atoms with van der Waals surface area (Å²) in [6, 6.07) is 1.11. The van der Waals surface area contributed by atoms with Gasteiger partial charge in [0.25, 0.3) is 0 Å². The maximum absolute atomic E-state index is 11.5. The van der Waals surface area contributed by atoms with E-state index in [1.165, 1.54) is 6.07 Å². The number of hydrogen-bond acceptors (Lipinski definition) is 3. The van der Waals surface area contributed by atoms with Gasteiger partial charge in [-0.25, -0.2) is 9.59 Å². The molecule has 0 saturated heterocycles. The average Bonchev–Trinajstić information content (AvgIpc) is 2.64. The van der Waals surface area contributed by atoms with Crippen LogP contribution in [0.5, 0.6) is 0 Å². The van der Waals surface area contributed by atoms with E-state index in [1.54, 1.807) is 6.92 Å². The summed E-state index contributed by atoms with van der Waals surface area (Å²) < 4.78 is 5.25. The van der Waals surface area contributed by atoms with Gasteiger partial charge in [0, 0.05) is 6.54 Å². The molecule has 0 atom stereocenters. The smallest absolute Gasteiger partial charge is 0.339 e. The molecule has 0 aliphatic rings. The van der Waals surface area contributed by atoms with Gasteiger partial charge in [0.15, 0.2) is 0 Å². The molecule has 0 aromatic carbocycles. The fraction of sp³-hybridized carbons (Fsp3) is 0.538. The number of urea groups is 1. The number of carbonyl (C=O) groups is 2. The van der Waals surface area contributed by atoms with Crippen molar-refractivity contribution in [2.24, 2.45) is 5.41 Å². The molecular weight excluding hydrogens is 248 g/mol. The van der Waals surface area contributed by atoms with E-state index < -0.39 is 5.97 Å². The number of furan rings is 1. The van der Waals surface area contributed by atoms with Crippen LogP contribution >= 0.6 is 0 Å². The number of nitrogens with one attached hydrogen (secondary N) is 2. The second kappa shape index (κ2) is 5.77. The van der Waals surface area contributed by atoms with Crippen LogP contribution in [0.3, 0.4) is 0 Å². The number of aryl methyl sites for hydroxylation is 1. The number of carbonyl (C=O) groups excluding carboxylic acids is 1. The molecule has 6 heteroatoms. The van der Waals surface area contributed by atoms with Crippen LogP contribution in [0.15, 0.2) is 10.5 Å². The minimum Gasteiger partial charge on any atom is -0.478 e. The predicted octanol–water partition coefficient (Wildman–Crippen LogP) is 2.13. The molecule has 1 aromatic rings. The molecule has 1 aromatic heterocycles. The van der Waals surface area contributed by atoms with Crippen molar-refractivity contribution in [3.05, 3.63) is 23.2 Å². The highest BCUT2D eigenvalue weighted by Gasteiger charge is 2.15. The largest absolute Gasteiger partial charge is 0.478 e. The molecule has 0 aliphatic heterocycles. The lowest BCUT2D eigenvalue weighted by molar-refractivity contribution is 0.0695. The van der Waals surface area contributed by atoms with E-state index in [1.807, 2.05) is 20.8 Å². The molecule has 0 unspecified atom stereocenters. The predicted molar refractivity (Wildman–Crippen MR) is 70.1 cm³/mol. The third-order valence-corrected chi connectivity index (χ3v) is 2.40. The van der Waals surface area contributed by atoms with E-state index >= 15 is 0 Å². The third kappa shape index (κ3) is 5.03. The van der Waals surface area contributed by atoms with Gasteiger partial charge in [-0.2, -0.15) is 0 Å². The van der Waals surface area contributed by atoms with Gasteiger partial charge in [-0.3, -0.25) is 0 Å². The SMILES string of the molecule is Cc1oc(CNC(=O)NCC(C)(C)C)cc1C(=O)O. The maximum Gasteiger partial charge on any atom is 0.339 e. The van der Waals surface area contributed by atoms with Crippen LogP contribution in [0.25, 0.3) is 0 Å².